The van der Waals surface area contributed by atoms with E-state index in [0.717, 1.165) is 15.7 Å². The van der Waals surface area contributed by atoms with Gasteiger partial charge in [-0.1, -0.05) is 50.2 Å². The van der Waals surface area contributed by atoms with E-state index in [-0.39, 0.29) is 24.6 Å². The molecule has 1 N–H and O–H groups in total. The van der Waals surface area contributed by atoms with Crippen molar-refractivity contribution in [2.75, 3.05) is 17.2 Å². The second-order valence-electron chi connectivity index (χ2n) is 10.1. The summed E-state index contributed by atoms with van der Waals surface area (Å²) >= 11 is 0. The van der Waals surface area contributed by atoms with Gasteiger partial charge in [0.2, 0.25) is 15.9 Å². The van der Waals surface area contributed by atoms with E-state index in [2.05, 4.69) is 5.32 Å². The SMILES string of the molecule is CC(C)CCC(=O)N([C@H](CNC(=O)c1ccccc1)C(=O)OC(C)(C)C)N(c1ccccc1)S(C)(=O)=O. The van der Waals surface area contributed by atoms with Crippen LogP contribution in [0.15, 0.2) is 60.7 Å². The van der Waals surface area contributed by atoms with Crippen molar-refractivity contribution in [3.63, 3.8) is 0 Å². The first-order chi connectivity index (χ1) is 17.2. The Morgan fingerprint density at radius 2 is 1.49 bits per heavy atom. The highest BCUT2D eigenvalue weighted by atomic mass is 32.2. The summed E-state index contributed by atoms with van der Waals surface area (Å²) in [5.41, 5.74) is -0.398. The van der Waals surface area contributed by atoms with Gasteiger partial charge in [-0.05, 0) is 57.4 Å². The van der Waals surface area contributed by atoms with Crippen molar-refractivity contribution in [1.29, 1.82) is 0 Å². The van der Waals surface area contributed by atoms with Crippen LogP contribution >= 0.6 is 0 Å². The molecule has 202 valence electrons. The van der Waals surface area contributed by atoms with E-state index >= 15 is 0 Å². The molecule has 2 aromatic rings. The van der Waals surface area contributed by atoms with E-state index in [1.807, 2.05) is 13.8 Å². The Bertz CT molecular complexity index is 1160. The number of amides is 2. The first-order valence-electron chi connectivity index (χ1n) is 12.1. The number of nitrogens with one attached hydrogen (secondary N) is 1. The lowest BCUT2D eigenvalue weighted by Gasteiger charge is -2.39. The minimum atomic E-state index is -4.10. The summed E-state index contributed by atoms with van der Waals surface area (Å²) in [5.74, 6) is -1.75. The molecule has 0 spiro atoms. The smallest absolute Gasteiger partial charge is 0.333 e. The van der Waals surface area contributed by atoms with Crippen LogP contribution in [-0.2, 0) is 24.3 Å². The molecular formula is C27H37N3O6S. The molecule has 9 nitrogen and oxygen atoms in total. The summed E-state index contributed by atoms with van der Waals surface area (Å²) in [5, 5.41) is 3.58. The zero-order chi connectivity index (χ0) is 27.8. The monoisotopic (exact) mass is 531 g/mol. The third kappa shape index (κ3) is 9.20. The number of sulfonamides is 1. The minimum Gasteiger partial charge on any atom is -0.458 e. The number of para-hydroxylation sites is 1. The van der Waals surface area contributed by atoms with Gasteiger partial charge in [-0.3, -0.25) is 9.59 Å². The zero-order valence-electron chi connectivity index (χ0n) is 22.3. The van der Waals surface area contributed by atoms with Crippen molar-refractivity contribution >= 4 is 33.5 Å². The number of esters is 1. The van der Waals surface area contributed by atoms with Gasteiger partial charge in [-0.2, -0.15) is 4.41 Å². The predicted molar refractivity (Wildman–Crippen MR) is 143 cm³/mol. The van der Waals surface area contributed by atoms with E-state index in [1.54, 1.807) is 69.3 Å². The molecule has 2 amide bonds. The molecule has 0 fully saturated rings. The predicted octanol–water partition coefficient (Wildman–Crippen LogP) is 3.77. The van der Waals surface area contributed by atoms with Gasteiger partial charge < -0.3 is 10.1 Å². The summed E-state index contributed by atoms with van der Waals surface area (Å²) in [7, 11) is -4.10. The summed E-state index contributed by atoms with van der Waals surface area (Å²) in [6.07, 6.45) is 1.42. The fraction of sp³-hybridized carbons (Fsp3) is 0.444. The number of hydrogen-bond donors (Lipinski definition) is 1. The van der Waals surface area contributed by atoms with Crippen molar-refractivity contribution < 1.29 is 27.5 Å². The van der Waals surface area contributed by atoms with E-state index in [0.29, 0.717) is 12.0 Å². The number of benzene rings is 2. The summed E-state index contributed by atoms with van der Waals surface area (Å²) in [6, 6.07) is 14.9. The Morgan fingerprint density at radius 3 is 1.97 bits per heavy atom. The number of anilines is 1. The summed E-state index contributed by atoms with van der Waals surface area (Å²) in [4.78, 5) is 39.9. The number of nitrogens with zero attached hydrogens (tertiary/aromatic N) is 2. The van der Waals surface area contributed by atoms with Crippen LogP contribution in [0.2, 0.25) is 0 Å². The molecule has 0 unspecified atom stereocenters. The van der Waals surface area contributed by atoms with Crippen LogP contribution in [0.5, 0.6) is 0 Å². The van der Waals surface area contributed by atoms with E-state index in [1.165, 1.54) is 12.1 Å². The maximum Gasteiger partial charge on any atom is 0.333 e. The zero-order valence-corrected chi connectivity index (χ0v) is 23.1. The highest BCUT2D eigenvalue weighted by Crippen LogP contribution is 2.25. The number of carbonyl (C=O) groups is 3. The molecule has 0 aliphatic carbocycles. The molecule has 2 rings (SSSR count). The van der Waals surface area contributed by atoms with Crippen molar-refractivity contribution in [2.45, 2.75) is 59.1 Å². The van der Waals surface area contributed by atoms with Gasteiger partial charge in [-0.25, -0.2) is 18.2 Å². The van der Waals surface area contributed by atoms with Crippen molar-refractivity contribution in [3.8, 4) is 0 Å². The largest absolute Gasteiger partial charge is 0.458 e. The molecule has 10 heteroatoms. The van der Waals surface area contributed by atoms with Gasteiger partial charge in [0.25, 0.3) is 5.91 Å². The number of carbonyl (C=O) groups excluding carboxylic acids is 3. The normalized spacial score (nSPS) is 12.5. The lowest BCUT2D eigenvalue weighted by Crippen LogP contribution is -2.61. The standard InChI is InChI=1S/C27H37N3O6S/c1-20(2)17-18-24(31)29(30(37(6,34)35)22-15-11-8-12-16-22)23(26(33)36-27(3,4)5)19-28-25(32)21-13-9-7-10-14-21/h7-16,20,23H,17-19H2,1-6H3,(H,28,32)/t23-/m1/s1. The molecule has 37 heavy (non-hydrogen) atoms. The Labute approximate surface area is 219 Å². The fourth-order valence-corrected chi connectivity index (χ4v) is 4.51. The molecule has 0 bridgehead atoms. The Hall–Kier alpha value is -3.40. The molecule has 2 aromatic carbocycles. The molecule has 0 aliphatic rings. The van der Waals surface area contributed by atoms with Crippen LogP contribution in [0.4, 0.5) is 5.69 Å². The van der Waals surface area contributed by atoms with Crippen LogP contribution in [-0.4, -0.2) is 55.7 Å². The van der Waals surface area contributed by atoms with E-state index < -0.39 is 39.4 Å². The van der Waals surface area contributed by atoms with Crippen molar-refractivity contribution in [3.05, 3.63) is 66.2 Å². The summed E-state index contributed by atoms with van der Waals surface area (Å²) < 4.78 is 32.6. The lowest BCUT2D eigenvalue weighted by atomic mass is 10.1. The lowest BCUT2D eigenvalue weighted by molar-refractivity contribution is -0.164. The average molecular weight is 532 g/mol. The highest BCUT2D eigenvalue weighted by Gasteiger charge is 2.41. The highest BCUT2D eigenvalue weighted by molar-refractivity contribution is 7.92. The first kappa shape index (κ1) is 29.8. The second-order valence-corrected chi connectivity index (χ2v) is 11.9. The Kier molecular flexibility index (Phi) is 10.2. The Balaban J connectivity index is 2.60. The van der Waals surface area contributed by atoms with Gasteiger partial charge in [0.1, 0.15) is 5.60 Å². The molecule has 0 radical (unpaired) electrons. The van der Waals surface area contributed by atoms with E-state index in [9.17, 15) is 22.8 Å². The van der Waals surface area contributed by atoms with Crippen LogP contribution in [0.25, 0.3) is 0 Å². The van der Waals surface area contributed by atoms with Gasteiger partial charge in [-0.15, -0.1) is 0 Å². The van der Waals surface area contributed by atoms with Crippen LogP contribution in [0, 0.1) is 5.92 Å². The van der Waals surface area contributed by atoms with E-state index in [4.69, 9.17) is 4.74 Å². The number of ether oxygens (including phenoxy) is 1. The maximum absolute atomic E-state index is 13.6. The molecule has 0 saturated carbocycles. The molecular weight excluding hydrogens is 494 g/mol. The fourth-order valence-electron chi connectivity index (χ4n) is 3.48. The van der Waals surface area contributed by atoms with Crippen LogP contribution < -0.4 is 9.73 Å². The third-order valence-corrected chi connectivity index (χ3v) is 6.16. The average Bonchev–Trinajstić information content (AvgIpc) is 2.81. The summed E-state index contributed by atoms with van der Waals surface area (Å²) in [6.45, 7) is 8.51. The van der Waals surface area contributed by atoms with Crippen molar-refractivity contribution in [1.82, 2.24) is 10.3 Å². The van der Waals surface area contributed by atoms with Crippen LogP contribution in [0.1, 0.15) is 57.8 Å². The van der Waals surface area contributed by atoms with Gasteiger partial charge in [0.05, 0.1) is 18.5 Å². The Morgan fingerprint density at radius 1 is 0.946 bits per heavy atom. The molecule has 1 atom stereocenters. The molecule has 0 aromatic heterocycles. The van der Waals surface area contributed by atoms with Gasteiger partial charge >= 0.3 is 5.97 Å². The van der Waals surface area contributed by atoms with Gasteiger partial charge in [0.15, 0.2) is 6.04 Å². The molecule has 0 aliphatic heterocycles. The quantitative estimate of drug-likeness (QED) is 0.349. The second kappa shape index (κ2) is 12.7. The molecule has 0 heterocycles. The first-order valence-corrected chi connectivity index (χ1v) is 14.0. The molecule has 0 saturated heterocycles. The maximum atomic E-state index is 13.6. The number of rotatable bonds is 11. The van der Waals surface area contributed by atoms with Crippen molar-refractivity contribution in [2.24, 2.45) is 5.92 Å². The third-order valence-electron chi connectivity index (χ3n) is 5.14. The number of hydrogen-bond acceptors (Lipinski definition) is 6. The van der Waals surface area contributed by atoms with Crippen LogP contribution in [0.3, 0.4) is 0 Å². The van der Waals surface area contributed by atoms with Gasteiger partial charge in [0, 0.05) is 12.0 Å². The topological polar surface area (TPSA) is 113 Å². The number of hydrazine groups is 1. The minimum absolute atomic E-state index is 0.0115.